The molecule has 0 radical (unpaired) electrons. The Morgan fingerprint density at radius 3 is 2.39 bits per heavy atom. The standard InChI is InChI=1S/C28H36Br2O3/c1-14-7-18(8-15(2)26(14)31)28(19-9-16(3)27(32)17(4)10-19)23-11-20(29)5-6-21(23)22-13-33-25(30)12-24(22)28/h7-8,16,19-20,22,24-25,31-32H,5-6,9-13H2,1-4H3/t16?,19?,20?,22?,24?,25-,28?/m0/s1. The van der Waals surface area contributed by atoms with Crippen LogP contribution in [-0.4, -0.2) is 26.7 Å². The summed E-state index contributed by atoms with van der Waals surface area (Å²) in [5, 5.41) is 21.5. The van der Waals surface area contributed by atoms with Crippen LogP contribution < -0.4 is 0 Å². The third-order valence-corrected chi connectivity index (χ3v) is 10.6. The van der Waals surface area contributed by atoms with E-state index < -0.39 is 0 Å². The highest BCUT2D eigenvalue weighted by molar-refractivity contribution is 9.09. The van der Waals surface area contributed by atoms with Crippen LogP contribution in [0.15, 0.2) is 34.6 Å². The quantitative estimate of drug-likeness (QED) is 0.278. The number of benzene rings is 1. The number of rotatable bonds is 2. The van der Waals surface area contributed by atoms with Crippen molar-refractivity contribution in [3.8, 4) is 5.75 Å². The molecule has 3 aliphatic carbocycles. The number of fused-ring (bicyclic) bond motifs is 2. The number of ether oxygens (including phenoxy) is 1. The minimum Gasteiger partial charge on any atom is -0.512 e. The molecule has 1 aromatic carbocycles. The van der Waals surface area contributed by atoms with Gasteiger partial charge < -0.3 is 14.9 Å². The van der Waals surface area contributed by atoms with Crippen molar-refractivity contribution in [3.05, 3.63) is 51.3 Å². The topological polar surface area (TPSA) is 49.7 Å². The summed E-state index contributed by atoms with van der Waals surface area (Å²) in [6, 6.07) is 4.54. The molecule has 3 nitrogen and oxygen atoms in total. The molecule has 5 rings (SSSR count). The minimum absolute atomic E-state index is 0.0737. The summed E-state index contributed by atoms with van der Waals surface area (Å²) in [5.74, 6) is 2.52. The second-order valence-electron chi connectivity index (χ2n) is 11.1. The van der Waals surface area contributed by atoms with E-state index >= 15 is 0 Å². The van der Waals surface area contributed by atoms with Gasteiger partial charge in [0.25, 0.3) is 0 Å². The average molecular weight is 580 g/mol. The van der Waals surface area contributed by atoms with Crippen molar-refractivity contribution in [2.45, 2.75) is 81.5 Å². The Kier molecular flexibility index (Phi) is 6.32. The fraction of sp³-hybridized carbons (Fsp3) is 0.643. The first-order chi connectivity index (χ1) is 15.6. The van der Waals surface area contributed by atoms with Crippen molar-refractivity contribution in [1.29, 1.82) is 0 Å². The number of halogens is 2. The van der Waals surface area contributed by atoms with Gasteiger partial charge in [0, 0.05) is 22.1 Å². The molecule has 0 amide bonds. The fourth-order valence-electron chi connectivity index (χ4n) is 7.82. The molecule has 2 N–H and O–H groups in total. The van der Waals surface area contributed by atoms with Gasteiger partial charge in [0.1, 0.15) is 10.8 Å². The van der Waals surface area contributed by atoms with Gasteiger partial charge in [-0.25, -0.2) is 0 Å². The van der Waals surface area contributed by atoms with Crippen molar-refractivity contribution in [2.24, 2.45) is 23.7 Å². The second-order valence-corrected chi connectivity index (χ2v) is 13.4. The molecule has 180 valence electrons. The Labute approximate surface area is 214 Å². The summed E-state index contributed by atoms with van der Waals surface area (Å²) < 4.78 is 6.19. The molecule has 1 aliphatic heterocycles. The Morgan fingerprint density at radius 1 is 1.03 bits per heavy atom. The van der Waals surface area contributed by atoms with Crippen LogP contribution in [0, 0.1) is 37.5 Å². The number of allylic oxidation sites excluding steroid dienone is 3. The van der Waals surface area contributed by atoms with E-state index in [0.717, 1.165) is 55.4 Å². The van der Waals surface area contributed by atoms with Gasteiger partial charge in [0.15, 0.2) is 0 Å². The average Bonchev–Trinajstić information content (AvgIpc) is 3.04. The lowest BCUT2D eigenvalue weighted by molar-refractivity contribution is -0.0114. The highest BCUT2D eigenvalue weighted by Crippen LogP contribution is 2.65. The van der Waals surface area contributed by atoms with Gasteiger partial charge >= 0.3 is 0 Å². The van der Waals surface area contributed by atoms with E-state index in [4.69, 9.17) is 4.74 Å². The van der Waals surface area contributed by atoms with E-state index in [1.165, 1.54) is 12.0 Å². The molecule has 6 unspecified atom stereocenters. The molecule has 7 atom stereocenters. The maximum atomic E-state index is 10.7. The van der Waals surface area contributed by atoms with E-state index in [2.05, 4.69) is 57.8 Å². The molecule has 4 aliphatic rings. The molecule has 0 spiro atoms. The van der Waals surface area contributed by atoms with Gasteiger partial charge in [-0.3, -0.25) is 0 Å². The van der Waals surface area contributed by atoms with Crippen LogP contribution in [0.3, 0.4) is 0 Å². The van der Waals surface area contributed by atoms with E-state index in [9.17, 15) is 10.2 Å². The second kappa shape index (κ2) is 8.71. The Balaban J connectivity index is 1.79. The largest absolute Gasteiger partial charge is 0.512 e. The number of hydrogen-bond acceptors (Lipinski definition) is 3. The van der Waals surface area contributed by atoms with Crippen LogP contribution in [-0.2, 0) is 10.2 Å². The smallest absolute Gasteiger partial charge is 0.121 e. The number of phenolic OH excluding ortho intramolecular Hbond substituents is 1. The number of alkyl halides is 2. The zero-order valence-corrected chi connectivity index (χ0v) is 23.3. The number of phenols is 1. The van der Waals surface area contributed by atoms with Gasteiger partial charge in [-0.15, -0.1) is 0 Å². The van der Waals surface area contributed by atoms with Gasteiger partial charge in [-0.1, -0.05) is 62.1 Å². The summed E-state index contributed by atoms with van der Waals surface area (Å²) >= 11 is 7.81. The number of aliphatic hydroxyl groups excluding tert-OH is 1. The molecule has 0 bridgehead atoms. The molecular weight excluding hydrogens is 544 g/mol. The monoisotopic (exact) mass is 578 g/mol. The molecule has 0 aromatic heterocycles. The predicted molar refractivity (Wildman–Crippen MR) is 140 cm³/mol. The first-order valence-corrected chi connectivity index (χ1v) is 14.3. The number of hydrogen-bond donors (Lipinski definition) is 2. The third kappa shape index (κ3) is 3.67. The molecule has 1 heterocycles. The Bertz CT molecular complexity index is 1000. The lowest BCUT2D eigenvalue weighted by Crippen LogP contribution is -2.48. The van der Waals surface area contributed by atoms with E-state index in [0.29, 0.717) is 34.1 Å². The van der Waals surface area contributed by atoms with E-state index in [-0.39, 0.29) is 16.3 Å². The molecule has 1 aromatic rings. The van der Waals surface area contributed by atoms with Crippen molar-refractivity contribution in [2.75, 3.05) is 6.61 Å². The van der Waals surface area contributed by atoms with E-state index in [1.54, 1.807) is 11.1 Å². The van der Waals surface area contributed by atoms with Gasteiger partial charge in [-0.05, 0) is 93.4 Å². The number of aryl methyl sites for hydroxylation is 2. The molecule has 33 heavy (non-hydrogen) atoms. The predicted octanol–water partition coefficient (Wildman–Crippen LogP) is 7.76. The lowest BCUT2D eigenvalue weighted by atomic mass is 9.54. The van der Waals surface area contributed by atoms with Crippen LogP contribution in [0.5, 0.6) is 5.75 Å². The minimum atomic E-state index is -0.0956. The molecule has 1 fully saturated rings. The van der Waals surface area contributed by atoms with Crippen LogP contribution in [0.1, 0.15) is 69.1 Å². The lowest BCUT2D eigenvalue weighted by Gasteiger charge is -2.51. The van der Waals surface area contributed by atoms with Crippen LogP contribution in [0.25, 0.3) is 0 Å². The highest BCUT2D eigenvalue weighted by atomic mass is 79.9. The first kappa shape index (κ1) is 23.9. The summed E-state index contributed by atoms with van der Waals surface area (Å²) in [5.41, 5.74) is 7.61. The molecule has 0 saturated carbocycles. The maximum absolute atomic E-state index is 10.7. The summed E-state index contributed by atoms with van der Waals surface area (Å²) in [4.78, 5) is 0.502. The summed E-state index contributed by atoms with van der Waals surface area (Å²) in [7, 11) is 0. The SMILES string of the molecule is CC1=C(O)C(C)CC(C2(c3cc(C)c(O)c(C)c3)C3=C(CCC(Br)C3)C3CO[C@H](Br)CC32)C1. The van der Waals surface area contributed by atoms with Crippen molar-refractivity contribution < 1.29 is 14.9 Å². The zero-order chi connectivity index (χ0) is 23.7. The summed E-state index contributed by atoms with van der Waals surface area (Å²) in [6.45, 7) is 9.15. The fourth-order valence-corrected chi connectivity index (χ4v) is 8.93. The van der Waals surface area contributed by atoms with Crippen molar-refractivity contribution in [3.63, 3.8) is 0 Å². The molecule has 5 heteroatoms. The maximum Gasteiger partial charge on any atom is 0.121 e. The van der Waals surface area contributed by atoms with E-state index in [1.807, 2.05) is 13.8 Å². The Hall–Kier alpha value is -0.780. The zero-order valence-electron chi connectivity index (χ0n) is 20.1. The van der Waals surface area contributed by atoms with Gasteiger partial charge in [0.05, 0.1) is 12.4 Å². The van der Waals surface area contributed by atoms with Crippen LogP contribution >= 0.6 is 31.9 Å². The normalized spacial score (nSPS) is 39.0. The summed E-state index contributed by atoms with van der Waals surface area (Å²) in [6.07, 6.45) is 6.31. The third-order valence-electron chi connectivity index (χ3n) is 9.16. The van der Waals surface area contributed by atoms with Gasteiger partial charge in [-0.2, -0.15) is 0 Å². The molecular formula is C28H36Br2O3. The Morgan fingerprint density at radius 2 is 1.73 bits per heavy atom. The number of aromatic hydroxyl groups is 1. The van der Waals surface area contributed by atoms with Crippen LogP contribution in [0.2, 0.25) is 0 Å². The van der Waals surface area contributed by atoms with Crippen LogP contribution in [0.4, 0.5) is 0 Å². The van der Waals surface area contributed by atoms with Crippen molar-refractivity contribution >= 4 is 31.9 Å². The van der Waals surface area contributed by atoms with Gasteiger partial charge in [0.2, 0.25) is 0 Å². The number of aliphatic hydroxyl groups is 1. The van der Waals surface area contributed by atoms with Crippen molar-refractivity contribution in [1.82, 2.24) is 0 Å². The first-order valence-electron chi connectivity index (χ1n) is 12.5. The highest BCUT2D eigenvalue weighted by Gasteiger charge is 2.60. The molecule has 1 saturated heterocycles.